The predicted molar refractivity (Wildman–Crippen MR) is 268 cm³/mol. The van der Waals surface area contributed by atoms with E-state index in [0.29, 0.717) is 12.3 Å². The Hall–Kier alpha value is -4.07. The maximum Gasteiger partial charge on any atom is 0.309 e. The average Bonchev–Trinajstić information content (AvgIpc) is 3.26. The number of aliphatic carboxylic acids is 3. The summed E-state index contributed by atoms with van der Waals surface area (Å²) in [6.45, 7) is 24.9. The zero-order valence-corrected chi connectivity index (χ0v) is 43.4. The largest absolute Gasteiger partial charge is 0.481 e. The van der Waals surface area contributed by atoms with Crippen molar-refractivity contribution in [3.8, 4) is 0 Å². The van der Waals surface area contributed by atoms with Crippen molar-refractivity contribution in [1.29, 1.82) is 0 Å². The van der Waals surface area contributed by atoms with Crippen molar-refractivity contribution in [2.24, 2.45) is 34.0 Å². The molecule has 6 nitrogen and oxygen atoms in total. The summed E-state index contributed by atoms with van der Waals surface area (Å²) in [5.41, 5.74) is 7.62. The Bertz CT molecular complexity index is 2390. The summed E-state index contributed by atoms with van der Waals surface area (Å²) in [7, 11) is 0. The van der Waals surface area contributed by atoms with Gasteiger partial charge in [0, 0.05) is 0 Å². The second-order valence-electron chi connectivity index (χ2n) is 24.7. The lowest BCUT2D eigenvalue weighted by atomic mass is 9.49. The topological polar surface area (TPSA) is 112 Å². The number of fused-ring (bicyclic) bond motifs is 9. The van der Waals surface area contributed by atoms with Gasteiger partial charge in [0.2, 0.25) is 0 Å². The van der Waals surface area contributed by atoms with E-state index in [1.165, 1.54) is 22.3 Å². The molecule has 0 heterocycles. The normalized spacial score (nSPS) is 33.5. The maximum atomic E-state index is 15.0. The molecule has 68 heavy (non-hydrogen) atoms. The van der Waals surface area contributed by atoms with Crippen molar-refractivity contribution in [2.75, 3.05) is 0 Å². The number of carboxylic acid groups (broad SMARTS) is 3. The molecule has 0 amide bonds. The number of benzene rings is 3. The van der Waals surface area contributed by atoms with Crippen molar-refractivity contribution in [3.05, 3.63) is 104 Å². The van der Waals surface area contributed by atoms with Crippen LogP contribution in [0.4, 0.5) is 8.78 Å². The predicted octanol–water partition coefficient (Wildman–Crippen LogP) is 15.0. The molecule has 6 aliphatic rings. The summed E-state index contributed by atoms with van der Waals surface area (Å²) in [5.74, 6) is -0.893. The monoisotopic (exact) mass is 937 g/mol. The van der Waals surface area contributed by atoms with E-state index in [9.17, 15) is 38.5 Å². The molecule has 3 fully saturated rings. The summed E-state index contributed by atoms with van der Waals surface area (Å²) < 4.78 is 29.6. The summed E-state index contributed by atoms with van der Waals surface area (Å²) >= 11 is 0. The van der Waals surface area contributed by atoms with Crippen LogP contribution in [-0.2, 0) is 49.9 Å². The molecule has 0 aliphatic heterocycles. The highest BCUT2D eigenvalue weighted by Crippen LogP contribution is 2.60. The Morgan fingerprint density at radius 2 is 0.912 bits per heavy atom. The summed E-state index contributed by atoms with van der Waals surface area (Å²) in [4.78, 5) is 35.8. The highest BCUT2D eigenvalue weighted by molar-refractivity contribution is 5.76. The third-order valence-electron chi connectivity index (χ3n) is 19.7. The second-order valence-corrected chi connectivity index (χ2v) is 24.7. The van der Waals surface area contributed by atoms with E-state index in [-0.39, 0.29) is 57.5 Å². The van der Waals surface area contributed by atoms with Crippen molar-refractivity contribution < 1.29 is 38.5 Å². The minimum Gasteiger partial charge on any atom is -0.481 e. The van der Waals surface area contributed by atoms with E-state index >= 15 is 0 Å². The van der Waals surface area contributed by atoms with Crippen molar-refractivity contribution in [2.45, 2.75) is 213 Å². The van der Waals surface area contributed by atoms with E-state index in [1.807, 2.05) is 60.6 Å². The van der Waals surface area contributed by atoms with Gasteiger partial charge in [0.1, 0.15) is 11.6 Å². The summed E-state index contributed by atoms with van der Waals surface area (Å²) in [5, 5.41) is 29.4. The molecular formula is C60H82F2O6. The first-order valence-corrected chi connectivity index (χ1v) is 26.2. The number of aryl methyl sites for hydroxylation is 2. The van der Waals surface area contributed by atoms with Crippen LogP contribution >= 0.6 is 0 Å². The van der Waals surface area contributed by atoms with E-state index in [2.05, 4.69) is 58.9 Å². The SMILES string of the molecule is CC(C)c1cc2c(cc1F)[C@@]1(C)CCC[C@@](C)(C(=O)O)[C@@H]1CC2.CC(C)c1ccc2c(c1)CC[C@H]1[C@](C)(C(=O)O)CCC[C@]21C.CC(C)c1ccc2c(c1F)CC[C@H]1[C@](C)(C(=O)O)CCC[C@]21C. The van der Waals surface area contributed by atoms with Gasteiger partial charge in [0.05, 0.1) is 16.2 Å². The maximum absolute atomic E-state index is 15.0. The quantitative estimate of drug-likeness (QED) is 0.227. The number of rotatable bonds is 6. The minimum atomic E-state index is -0.698. The van der Waals surface area contributed by atoms with Crippen LogP contribution in [0.1, 0.15) is 228 Å². The second kappa shape index (κ2) is 18.6. The van der Waals surface area contributed by atoms with Gasteiger partial charge in [0.15, 0.2) is 0 Å². The Morgan fingerprint density at radius 3 is 1.35 bits per heavy atom. The van der Waals surface area contributed by atoms with Crippen LogP contribution in [0.3, 0.4) is 0 Å². The van der Waals surface area contributed by atoms with Gasteiger partial charge in [-0.25, -0.2) is 8.78 Å². The fraction of sp³-hybridized carbons (Fsp3) is 0.650. The van der Waals surface area contributed by atoms with Gasteiger partial charge in [-0.2, -0.15) is 0 Å². The molecule has 0 saturated heterocycles. The lowest BCUT2D eigenvalue weighted by molar-refractivity contribution is -0.158. The van der Waals surface area contributed by atoms with Crippen LogP contribution < -0.4 is 0 Å². The standard InChI is InChI=1S/2C20H27FO2.C20H28O2/c1-12(2)13-6-8-15-14(17(13)21)7-9-16-19(15,3)10-5-11-20(16,4)18(22)23;1-12(2)14-10-13-6-7-17-19(3,15(13)11-16(14)21)8-5-9-20(17,4)18(22)23;1-13(2)14-6-8-16-15(12-14)7-9-17-19(16,3)10-5-11-20(17,4)18(21)22/h6,8,12,16H,5,7,9-11H2,1-4H3,(H,22,23);10-12,17H,5-9H2,1-4H3,(H,22,23);6,8,12-13,17H,5,7,9-11H2,1-4H3,(H,21,22)/t16-,19-,20-;2*17-,19-,20-/m111/s1. The van der Waals surface area contributed by atoms with Crippen LogP contribution in [0.15, 0.2) is 42.5 Å². The molecule has 3 aromatic carbocycles. The lowest BCUT2D eigenvalue weighted by Crippen LogP contribution is -2.52. The van der Waals surface area contributed by atoms with Gasteiger partial charge in [0.25, 0.3) is 0 Å². The van der Waals surface area contributed by atoms with Crippen LogP contribution in [0.25, 0.3) is 0 Å². The highest BCUT2D eigenvalue weighted by atomic mass is 19.1. The Labute approximate surface area is 406 Å². The van der Waals surface area contributed by atoms with Crippen LogP contribution in [0.5, 0.6) is 0 Å². The molecule has 0 spiro atoms. The fourth-order valence-electron chi connectivity index (χ4n) is 15.6. The first-order valence-electron chi connectivity index (χ1n) is 26.2. The number of carboxylic acids is 3. The van der Waals surface area contributed by atoms with E-state index in [4.69, 9.17) is 0 Å². The zero-order valence-electron chi connectivity index (χ0n) is 43.4. The number of hydrogen-bond acceptors (Lipinski definition) is 3. The average molecular weight is 937 g/mol. The summed E-state index contributed by atoms with van der Waals surface area (Å²) in [6.07, 6.45) is 13.3. The molecule has 0 bridgehead atoms. The molecule has 0 unspecified atom stereocenters. The van der Waals surface area contributed by atoms with Crippen molar-refractivity contribution >= 4 is 17.9 Å². The molecule has 0 radical (unpaired) electrons. The first-order chi connectivity index (χ1) is 31.7. The van der Waals surface area contributed by atoms with Gasteiger partial charge in [-0.3, -0.25) is 14.4 Å². The Balaban J connectivity index is 0.000000151. The van der Waals surface area contributed by atoms with Gasteiger partial charge < -0.3 is 15.3 Å². The molecular weight excluding hydrogens is 855 g/mol. The van der Waals surface area contributed by atoms with Crippen LogP contribution in [0.2, 0.25) is 0 Å². The van der Waals surface area contributed by atoms with E-state index < -0.39 is 34.2 Å². The van der Waals surface area contributed by atoms with E-state index in [0.717, 1.165) is 118 Å². The summed E-state index contributed by atoms with van der Waals surface area (Å²) in [6, 6.07) is 14.7. The van der Waals surface area contributed by atoms with Crippen LogP contribution in [-0.4, -0.2) is 33.2 Å². The lowest BCUT2D eigenvalue weighted by Gasteiger charge is -2.53. The van der Waals surface area contributed by atoms with Gasteiger partial charge in [-0.1, -0.05) is 118 Å². The molecule has 3 saturated carbocycles. The van der Waals surface area contributed by atoms with Gasteiger partial charge in [-0.15, -0.1) is 0 Å². The third kappa shape index (κ3) is 8.45. The Kier molecular flexibility index (Phi) is 14.2. The third-order valence-corrected chi connectivity index (χ3v) is 19.7. The first kappa shape index (κ1) is 51.8. The number of carbonyl (C=O) groups is 3. The zero-order chi connectivity index (χ0) is 50.1. The van der Waals surface area contributed by atoms with Crippen molar-refractivity contribution in [1.82, 2.24) is 0 Å². The van der Waals surface area contributed by atoms with Gasteiger partial charge in [-0.05, 0) is 206 Å². The Morgan fingerprint density at radius 1 is 0.500 bits per heavy atom. The molecule has 372 valence electrons. The van der Waals surface area contributed by atoms with Crippen molar-refractivity contribution in [3.63, 3.8) is 0 Å². The van der Waals surface area contributed by atoms with Crippen LogP contribution in [0, 0.1) is 45.6 Å². The fourth-order valence-corrected chi connectivity index (χ4v) is 15.6. The molecule has 3 aromatic rings. The van der Waals surface area contributed by atoms with E-state index in [1.54, 1.807) is 6.07 Å². The molecule has 9 atom stereocenters. The number of halogens is 2. The molecule has 3 N–H and O–H groups in total. The highest BCUT2D eigenvalue weighted by Gasteiger charge is 2.58. The minimum absolute atomic E-state index is 0.0223. The molecule has 8 heteroatoms. The molecule has 9 rings (SSSR count). The molecule has 6 aliphatic carbocycles. The van der Waals surface area contributed by atoms with Gasteiger partial charge >= 0.3 is 17.9 Å². The molecule has 0 aromatic heterocycles. The number of hydrogen-bond donors (Lipinski definition) is 3. The smallest absolute Gasteiger partial charge is 0.309 e.